The molecule has 1 aliphatic rings. The van der Waals surface area contributed by atoms with Crippen LogP contribution in [-0.4, -0.2) is 16.8 Å². The van der Waals surface area contributed by atoms with Gasteiger partial charge in [-0.3, -0.25) is 9.10 Å². The molecule has 0 aromatic heterocycles. The first-order chi connectivity index (χ1) is 6.36. The average molecular weight is 193 g/mol. The molecule has 1 aromatic rings. The lowest BCUT2D eigenvalue weighted by Crippen LogP contribution is -2.37. The molecule has 0 spiro atoms. The molecule has 0 aliphatic carbocycles. The maximum atomic E-state index is 11.0. The van der Waals surface area contributed by atoms with Crippen LogP contribution in [0.2, 0.25) is 0 Å². The standard InChI is InChI=1S/C10H11NOS/c12-10-6-7-11(10)13-8-9-4-2-1-3-5-9/h1-5H,6-8H2. The third-order valence-corrected chi connectivity index (χ3v) is 3.20. The molecule has 13 heavy (non-hydrogen) atoms. The summed E-state index contributed by atoms with van der Waals surface area (Å²) in [6.45, 7) is 0.913. The molecule has 0 unspecified atom stereocenters. The van der Waals surface area contributed by atoms with Gasteiger partial charge in [-0.15, -0.1) is 0 Å². The van der Waals surface area contributed by atoms with Crippen LogP contribution in [0.5, 0.6) is 0 Å². The van der Waals surface area contributed by atoms with E-state index in [1.54, 1.807) is 11.9 Å². The Labute approximate surface area is 82.1 Å². The number of rotatable bonds is 3. The molecule has 1 aliphatic heterocycles. The van der Waals surface area contributed by atoms with Gasteiger partial charge < -0.3 is 0 Å². The van der Waals surface area contributed by atoms with E-state index in [0.717, 1.165) is 18.7 Å². The lowest BCUT2D eigenvalue weighted by molar-refractivity contribution is -0.132. The third kappa shape index (κ3) is 2.04. The van der Waals surface area contributed by atoms with E-state index in [9.17, 15) is 4.79 Å². The normalized spacial score (nSPS) is 15.7. The molecule has 0 N–H and O–H groups in total. The number of nitrogens with zero attached hydrogens (tertiary/aromatic N) is 1. The molecule has 0 atom stereocenters. The van der Waals surface area contributed by atoms with Gasteiger partial charge in [-0.2, -0.15) is 0 Å². The van der Waals surface area contributed by atoms with Gasteiger partial charge in [0.25, 0.3) is 0 Å². The molecule has 0 radical (unpaired) electrons. The molecular formula is C10H11NOS. The van der Waals surface area contributed by atoms with Gasteiger partial charge in [0.2, 0.25) is 5.91 Å². The van der Waals surface area contributed by atoms with Crippen molar-refractivity contribution in [3.8, 4) is 0 Å². The molecule has 2 nitrogen and oxygen atoms in total. The zero-order valence-corrected chi connectivity index (χ0v) is 8.09. The fourth-order valence-electron chi connectivity index (χ4n) is 1.16. The smallest absolute Gasteiger partial charge is 0.234 e. The number of carbonyl (C=O) groups excluding carboxylic acids is 1. The Morgan fingerprint density at radius 3 is 2.62 bits per heavy atom. The van der Waals surface area contributed by atoms with Crippen molar-refractivity contribution in [3.05, 3.63) is 35.9 Å². The Kier molecular flexibility index (Phi) is 2.54. The lowest BCUT2D eigenvalue weighted by atomic mass is 10.2. The number of hydrogen-bond donors (Lipinski definition) is 0. The van der Waals surface area contributed by atoms with Crippen molar-refractivity contribution in [2.45, 2.75) is 12.2 Å². The highest BCUT2D eigenvalue weighted by atomic mass is 32.2. The van der Waals surface area contributed by atoms with Gasteiger partial charge in [0, 0.05) is 18.7 Å². The first kappa shape index (κ1) is 8.63. The van der Waals surface area contributed by atoms with E-state index in [1.165, 1.54) is 5.56 Å². The summed E-state index contributed by atoms with van der Waals surface area (Å²) in [4.78, 5) is 11.0. The predicted molar refractivity (Wildman–Crippen MR) is 54.1 cm³/mol. The summed E-state index contributed by atoms with van der Waals surface area (Å²) in [7, 11) is 0. The van der Waals surface area contributed by atoms with Crippen LogP contribution in [0, 0.1) is 0 Å². The van der Waals surface area contributed by atoms with Crippen LogP contribution >= 0.6 is 11.9 Å². The van der Waals surface area contributed by atoms with Crippen molar-refractivity contribution >= 4 is 17.9 Å². The quantitative estimate of drug-likeness (QED) is 0.541. The maximum Gasteiger partial charge on any atom is 0.234 e. The Balaban J connectivity index is 1.83. The molecule has 3 heteroatoms. The van der Waals surface area contributed by atoms with Crippen LogP contribution in [0.3, 0.4) is 0 Å². The number of carbonyl (C=O) groups is 1. The summed E-state index contributed by atoms with van der Waals surface area (Å²) in [6.07, 6.45) is 0.724. The highest BCUT2D eigenvalue weighted by Crippen LogP contribution is 2.23. The number of hydrogen-bond acceptors (Lipinski definition) is 2. The highest BCUT2D eigenvalue weighted by Gasteiger charge is 2.23. The summed E-state index contributed by atoms with van der Waals surface area (Å²) >= 11 is 1.61. The van der Waals surface area contributed by atoms with E-state index < -0.39 is 0 Å². The van der Waals surface area contributed by atoms with Gasteiger partial charge >= 0.3 is 0 Å². The topological polar surface area (TPSA) is 20.3 Å². The monoisotopic (exact) mass is 193 g/mol. The highest BCUT2D eigenvalue weighted by molar-refractivity contribution is 7.96. The van der Waals surface area contributed by atoms with E-state index in [4.69, 9.17) is 0 Å². The van der Waals surface area contributed by atoms with E-state index in [-0.39, 0.29) is 5.91 Å². The molecule has 1 amide bonds. The van der Waals surface area contributed by atoms with E-state index >= 15 is 0 Å². The van der Waals surface area contributed by atoms with Crippen molar-refractivity contribution in [1.29, 1.82) is 0 Å². The Hall–Kier alpha value is -0.960. The summed E-state index contributed by atoms with van der Waals surface area (Å²) < 4.78 is 1.83. The molecule has 68 valence electrons. The zero-order valence-electron chi connectivity index (χ0n) is 7.27. The van der Waals surface area contributed by atoms with Crippen molar-refractivity contribution in [2.75, 3.05) is 6.54 Å². The second kappa shape index (κ2) is 3.83. The van der Waals surface area contributed by atoms with Gasteiger partial charge in [0.1, 0.15) is 0 Å². The summed E-state index contributed by atoms with van der Waals surface area (Å²) in [5.74, 6) is 1.16. The first-order valence-corrected chi connectivity index (χ1v) is 5.28. The average Bonchev–Trinajstić information content (AvgIpc) is 2.17. The van der Waals surface area contributed by atoms with Crippen molar-refractivity contribution < 1.29 is 4.79 Å². The first-order valence-electron chi connectivity index (χ1n) is 4.33. The van der Waals surface area contributed by atoms with Crippen LogP contribution in [0.1, 0.15) is 12.0 Å². The van der Waals surface area contributed by atoms with Gasteiger partial charge in [-0.25, -0.2) is 0 Å². The van der Waals surface area contributed by atoms with Crippen LogP contribution in [0.25, 0.3) is 0 Å². The Bertz CT molecular complexity index is 299. The molecule has 1 fully saturated rings. The number of amides is 1. The molecule has 1 aromatic carbocycles. The summed E-state index contributed by atoms with van der Waals surface area (Å²) in [6, 6.07) is 10.2. The van der Waals surface area contributed by atoms with E-state index in [0.29, 0.717) is 0 Å². The van der Waals surface area contributed by atoms with E-state index in [2.05, 4.69) is 12.1 Å². The van der Waals surface area contributed by atoms with Crippen LogP contribution < -0.4 is 0 Å². The summed E-state index contributed by atoms with van der Waals surface area (Å²) in [5, 5.41) is 0. The molecule has 0 bridgehead atoms. The summed E-state index contributed by atoms with van der Waals surface area (Å²) in [5.41, 5.74) is 1.27. The fourth-order valence-corrected chi connectivity index (χ4v) is 2.11. The minimum absolute atomic E-state index is 0.265. The second-order valence-corrected chi connectivity index (χ2v) is 3.99. The predicted octanol–water partition coefficient (Wildman–Crippen LogP) is 2.07. The van der Waals surface area contributed by atoms with Crippen molar-refractivity contribution in [2.24, 2.45) is 0 Å². The van der Waals surface area contributed by atoms with Crippen molar-refractivity contribution in [1.82, 2.24) is 4.31 Å². The third-order valence-electron chi connectivity index (χ3n) is 2.04. The van der Waals surface area contributed by atoms with Crippen LogP contribution in [0.4, 0.5) is 0 Å². The van der Waals surface area contributed by atoms with Gasteiger partial charge in [-0.1, -0.05) is 30.3 Å². The van der Waals surface area contributed by atoms with Gasteiger partial charge in [-0.05, 0) is 17.5 Å². The molecule has 1 heterocycles. The Morgan fingerprint density at radius 2 is 2.08 bits per heavy atom. The van der Waals surface area contributed by atoms with Crippen molar-refractivity contribution in [3.63, 3.8) is 0 Å². The van der Waals surface area contributed by atoms with Gasteiger partial charge in [0.15, 0.2) is 0 Å². The zero-order chi connectivity index (χ0) is 9.10. The fraction of sp³-hybridized carbons (Fsp3) is 0.300. The van der Waals surface area contributed by atoms with Gasteiger partial charge in [0.05, 0.1) is 0 Å². The SMILES string of the molecule is O=C1CCN1SCc1ccccc1. The molecular weight excluding hydrogens is 182 g/mol. The maximum absolute atomic E-state index is 11.0. The minimum Gasteiger partial charge on any atom is -0.286 e. The molecule has 0 saturated carbocycles. The minimum atomic E-state index is 0.265. The largest absolute Gasteiger partial charge is 0.286 e. The number of benzene rings is 1. The van der Waals surface area contributed by atoms with Crippen LogP contribution in [-0.2, 0) is 10.5 Å². The Morgan fingerprint density at radius 1 is 1.31 bits per heavy atom. The number of β-lactam (4-membered cyclic amide) rings is 1. The second-order valence-electron chi connectivity index (χ2n) is 3.00. The van der Waals surface area contributed by atoms with E-state index in [1.807, 2.05) is 22.5 Å². The lowest BCUT2D eigenvalue weighted by Gasteiger charge is -2.28. The molecule has 1 saturated heterocycles. The van der Waals surface area contributed by atoms with Crippen LogP contribution in [0.15, 0.2) is 30.3 Å². The molecule has 2 rings (SSSR count).